The van der Waals surface area contributed by atoms with Crippen molar-refractivity contribution in [1.82, 2.24) is 19.9 Å². The average molecular weight is 275 g/mol. The number of ether oxygens (including phenoxy) is 1. The third kappa shape index (κ3) is 3.53. The highest BCUT2D eigenvalue weighted by Crippen LogP contribution is 2.08. The minimum absolute atomic E-state index is 0.335. The third-order valence-corrected chi connectivity index (χ3v) is 2.67. The molecule has 2 rings (SSSR count). The van der Waals surface area contributed by atoms with Gasteiger partial charge in [0.05, 0.1) is 17.9 Å². The van der Waals surface area contributed by atoms with Crippen molar-refractivity contribution in [3.05, 3.63) is 35.7 Å². The number of H-pyrrole nitrogens is 1. The van der Waals surface area contributed by atoms with Gasteiger partial charge in [0.1, 0.15) is 5.82 Å². The molecule has 0 aliphatic heterocycles. The summed E-state index contributed by atoms with van der Waals surface area (Å²) in [6.45, 7) is 4.51. The van der Waals surface area contributed by atoms with Crippen molar-refractivity contribution >= 4 is 11.9 Å². The minimum atomic E-state index is -0.396. The van der Waals surface area contributed by atoms with Crippen LogP contribution in [0.15, 0.2) is 18.6 Å². The van der Waals surface area contributed by atoms with Gasteiger partial charge in [0.15, 0.2) is 0 Å². The monoisotopic (exact) mass is 275 g/mol. The second-order valence-corrected chi connectivity index (χ2v) is 4.13. The molecule has 2 N–H and O–H groups in total. The number of nitrogens with one attached hydrogen (secondary N) is 2. The molecule has 20 heavy (non-hydrogen) atoms. The first-order valence-corrected chi connectivity index (χ1v) is 6.43. The molecule has 7 nitrogen and oxygen atoms in total. The first kappa shape index (κ1) is 14.0. The molecule has 0 aliphatic rings. The summed E-state index contributed by atoms with van der Waals surface area (Å²) in [5.41, 5.74) is 0.988. The number of carbonyl (C=O) groups is 1. The van der Waals surface area contributed by atoms with E-state index >= 15 is 0 Å². The summed E-state index contributed by atoms with van der Waals surface area (Å²) in [6, 6.07) is 0. The largest absolute Gasteiger partial charge is 0.462 e. The zero-order valence-corrected chi connectivity index (χ0v) is 11.5. The van der Waals surface area contributed by atoms with Crippen LogP contribution in [0.5, 0.6) is 0 Å². The molecule has 0 aromatic carbocycles. The average Bonchev–Trinajstić information content (AvgIpc) is 2.92. The van der Waals surface area contributed by atoms with Crippen molar-refractivity contribution < 1.29 is 9.53 Å². The van der Waals surface area contributed by atoms with Gasteiger partial charge >= 0.3 is 5.97 Å². The molecule has 0 atom stereocenters. The van der Waals surface area contributed by atoms with E-state index in [1.807, 2.05) is 0 Å². The Kier molecular flexibility index (Phi) is 4.65. The Labute approximate surface area is 116 Å². The number of carbonyl (C=O) groups excluding carboxylic acids is 1. The maximum absolute atomic E-state index is 11.6. The van der Waals surface area contributed by atoms with Crippen molar-refractivity contribution in [2.24, 2.45) is 0 Å². The number of imidazole rings is 1. The maximum Gasteiger partial charge on any atom is 0.341 e. The second-order valence-electron chi connectivity index (χ2n) is 4.13. The zero-order valence-electron chi connectivity index (χ0n) is 11.5. The molecule has 0 aliphatic carbocycles. The maximum atomic E-state index is 11.6. The summed E-state index contributed by atoms with van der Waals surface area (Å²) < 4.78 is 4.93. The lowest BCUT2D eigenvalue weighted by molar-refractivity contribution is 0.0524. The minimum Gasteiger partial charge on any atom is -0.462 e. The molecule has 0 saturated heterocycles. The number of esters is 1. The van der Waals surface area contributed by atoms with Gasteiger partial charge in [-0.2, -0.15) is 0 Å². The lowest BCUT2D eigenvalue weighted by Crippen LogP contribution is -2.13. The topological polar surface area (TPSA) is 92.8 Å². The summed E-state index contributed by atoms with van der Waals surface area (Å²) >= 11 is 0. The summed E-state index contributed by atoms with van der Waals surface area (Å²) in [5.74, 6) is 0.992. The van der Waals surface area contributed by atoms with Crippen molar-refractivity contribution in [2.45, 2.75) is 20.3 Å². The Bertz CT molecular complexity index is 568. The highest BCUT2D eigenvalue weighted by molar-refractivity contribution is 5.90. The zero-order chi connectivity index (χ0) is 14.4. The van der Waals surface area contributed by atoms with E-state index in [0.29, 0.717) is 30.4 Å². The highest BCUT2D eigenvalue weighted by Gasteiger charge is 2.12. The molecule has 0 saturated carbocycles. The van der Waals surface area contributed by atoms with Crippen LogP contribution in [-0.2, 0) is 11.2 Å². The highest BCUT2D eigenvalue weighted by atomic mass is 16.5. The lowest BCUT2D eigenvalue weighted by atomic mass is 10.2. The van der Waals surface area contributed by atoms with Crippen molar-refractivity contribution in [3.63, 3.8) is 0 Å². The number of aromatic nitrogens is 4. The van der Waals surface area contributed by atoms with Crippen LogP contribution in [-0.4, -0.2) is 39.1 Å². The Morgan fingerprint density at radius 2 is 2.30 bits per heavy atom. The molecule has 2 aromatic rings. The van der Waals surface area contributed by atoms with Gasteiger partial charge < -0.3 is 15.0 Å². The molecule has 0 amide bonds. The number of rotatable bonds is 6. The summed E-state index contributed by atoms with van der Waals surface area (Å²) in [5, 5.41) is 3.09. The van der Waals surface area contributed by atoms with E-state index in [0.717, 1.165) is 12.2 Å². The van der Waals surface area contributed by atoms with E-state index in [9.17, 15) is 4.79 Å². The Hall–Kier alpha value is -2.44. The quantitative estimate of drug-likeness (QED) is 0.773. The van der Waals surface area contributed by atoms with Gasteiger partial charge in [0.25, 0.3) is 0 Å². The summed E-state index contributed by atoms with van der Waals surface area (Å²) in [7, 11) is 0. The Balaban J connectivity index is 1.93. The SMILES string of the molecule is CCOC(=O)c1cnc(NCCc2ncc[nH]2)nc1C. The predicted molar refractivity (Wildman–Crippen MR) is 73.5 cm³/mol. The molecule has 106 valence electrons. The van der Waals surface area contributed by atoms with Gasteiger partial charge in [0.2, 0.25) is 5.95 Å². The molecule has 2 aromatic heterocycles. The normalized spacial score (nSPS) is 10.3. The van der Waals surface area contributed by atoms with Gasteiger partial charge in [-0.05, 0) is 13.8 Å². The number of hydrogen-bond acceptors (Lipinski definition) is 6. The van der Waals surface area contributed by atoms with Crippen LogP contribution in [0.2, 0.25) is 0 Å². The Morgan fingerprint density at radius 3 is 2.95 bits per heavy atom. The fourth-order valence-corrected chi connectivity index (χ4v) is 1.69. The van der Waals surface area contributed by atoms with E-state index in [4.69, 9.17) is 4.74 Å². The van der Waals surface area contributed by atoms with E-state index < -0.39 is 5.97 Å². The van der Waals surface area contributed by atoms with Crippen LogP contribution in [0.3, 0.4) is 0 Å². The number of aromatic amines is 1. The number of hydrogen-bond donors (Lipinski definition) is 2. The molecule has 0 unspecified atom stereocenters. The third-order valence-electron chi connectivity index (χ3n) is 2.67. The second kappa shape index (κ2) is 6.65. The van der Waals surface area contributed by atoms with Gasteiger partial charge in [-0.25, -0.2) is 19.7 Å². The van der Waals surface area contributed by atoms with Crippen molar-refractivity contribution in [2.75, 3.05) is 18.5 Å². The summed E-state index contributed by atoms with van der Waals surface area (Å²) in [4.78, 5) is 27.1. The van der Waals surface area contributed by atoms with E-state index in [1.54, 1.807) is 26.2 Å². The fraction of sp³-hybridized carbons (Fsp3) is 0.385. The number of nitrogens with zero attached hydrogens (tertiary/aromatic N) is 3. The van der Waals surface area contributed by atoms with Crippen LogP contribution in [0.4, 0.5) is 5.95 Å². The van der Waals surface area contributed by atoms with Gasteiger partial charge in [-0.1, -0.05) is 0 Å². The molecule has 7 heteroatoms. The summed E-state index contributed by atoms with van der Waals surface area (Å²) in [6.07, 6.45) is 5.72. The van der Waals surface area contributed by atoms with Gasteiger partial charge in [-0.15, -0.1) is 0 Å². The number of aryl methyl sites for hydroxylation is 1. The van der Waals surface area contributed by atoms with Crippen LogP contribution in [0.1, 0.15) is 28.8 Å². The fourth-order valence-electron chi connectivity index (χ4n) is 1.69. The van der Waals surface area contributed by atoms with Crippen LogP contribution in [0.25, 0.3) is 0 Å². The lowest BCUT2D eigenvalue weighted by Gasteiger charge is -2.07. The molecule has 0 fully saturated rings. The molecular weight excluding hydrogens is 258 g/mol. The van der Waals surface area contributed by atoms with Crippen LogP contribution in [0, 0.1) is 6.92 Å². The predicted octanol–water partition coefficient (Wildman–Crippen LogP) is 1.34. The number of anilines is 1. The van der Waals surface area contributed by atoms with E-state index in [2.05, 4.69) is 25.3 Å². The first-order valence-electron chi connectivity index (χ1n) is 6.43. The smallest absolute Gasteiger partial charge is 0.341 e. The van der Waals surface area contributed by atoms with E-state index in [1.165, 1.54) is 6.20 Å². The van der Waals surface area contributed by atoms with Crippen molar-refractivity contribution in [3.8, 4) is 0 Å². The van der Waals surface area contributed by atoms with Gasteiger partial charge in [-0.3, -0.25) is 0 Å². The first-order chi connectivity index (χ1) is 9.70. The standard InChI is InChI=1S/C13H17N5O2/c1-3-20-12(19)10-8-17-13(18-9(10)2)16-5-4-11-14-6-7-15-11/h6-8H,3-5H2,1-2H3,(H,14,15)(H,16,17,18). The van der Waals surface area contributed by atoms with Gasteiger partial charge in [0, 0.05) is 31.6 Å². The van der Waals surface area contributed by atoms with Crippen LogP contribution >= 0.6 is 0 Å². The molecular formula is C13H17N5O2. The molecule has 0 radical (unpaired) electrons. The molecule has 2 heterocycles. The Morgan fingerprint density at radius 1 is 1.45 bits per heavy atom. The van der Waals surface area contributed by atoms with E-state index in [-0.39, 0.29) is 0 Å². The molecule has 0 bridgehead atoms. The van der Waals surface area contributed by atoms with Crippen molar-refractivity contribution in [1.29, 1.82) is 0 Å². The molecule has 0 spiro atoms. The van der Waals surface area contributed by atoms with Crippen LogP contribution < -0.4 is 5.32 Å².